The first kappa shape index (κ1) is 12.2. The Hall–Kier alpha value is -1.83. The third kappa shape index (κ3) is 2.78. The molecule has 0 saturated heterocycles. The van der Waals surface area contributed by atoms with E-state index in [9.17, 15) is 4.39 Å². The fourth-order valence-electron chi connectivity index (χ4n) is 2.76. The van der Waals surface area contributed by atoms with Gasteiger partial charge in [0, 0.05) is 12.2 Å². The molecule has 0 fully saturated rings. The molecule has 0 saturated carbocycles. The zero-order valence-corrected chi connectivity index (χ0v) is 11.0. The van der Waals surface area contributed by atoms with Crippen LogP contribution < -0.4 is 5.32 Å². The van der Waals surface area contributed by atoms with Crippen molar-refractivity contribution < 1.29 is 4.39 Å². The number of para-hydroxylation sites is 1. The van der Waals surface area contributed by atoms with Crippen LogP contribution >= 0.6 is 0 Å². The number of nitrogens with one attached hydrogen (secondary N) is 1. The van der Waals surface area contributed by atoms with Crippen molar-refractivity contribution in [3.8, 4) is 0 Å². The van der Waals surface area contributed by atoms with Crippen LogP contribution in [-0.4, -0.2) is 6.54 Å². The first-order valence-corrected chi connectivity index (χ1v) is 6.92. The zero-order valence-electron chi connectivity index (χ0n) is 11.0. The van der Waals surface area contributed by atoms with Gasteiger partial charge in [0.05, 0.1) is 0 Å². The SMILES string of the molecule is Fc1cccc(CCc2cccc3c2NCCC3)c1. The van der Waals surface area contributed by atoms with Gasteiger partial charge in [0.2, 0.25) is 0 Å². The van der Waals surface area contributed by atoms with E-state index in [2.05, 4.69) is 23.5 Å². The van der Waals surface area contributed by atoms with Crippen molar-refractivity contribution in [2.75, 3.05) is 11.9 Å². The van der Waals surface area contributed by atoms with Crippen LogP contribution in [0.2, 0.25) is 0 Å². The second-order valence-corrected chi connectivity index (χ2v) is 5.11. The monoisotopic (exact) mass is 255 g/mol. The van der Waals surface area contributed by atoms with E-state index in [0.717, 1.165) is 31.4 Å². The number of hydrogen-bond donors (Lipinski definition) is 1. The molecular weight excluding hydrogens is 237 g/mol. The molecule has 1 aliphatic heterocycles. The number of fused-ring (bicyclic) bond motifs is 1. The lowest BCUT2D eigenvalue weighted by Gasteiger charge is -2.21. The van der Waals surface area contributed by atoms with Crippen LogP contribution in [0.1, 0.15) is 23.1 Å². The number of rotatable bonds is 3. The molecule has 2 aromatic carbocycles. The minimum absolute atomic E-state index is 0.147. The molecule has 0 bridgehead atoms. The van der Waals surface area contributed by atoms with Gasteiger partial charge in [-0.3, -0.25) is 0 Å². The summed E-state index contributed by atoms with van der Waals surface area (Å²) >= 11 is 0. The third-order valence-corrected chi connectivity index (χ3v) is 3.73. The number of halogens is 1. The summed E-state index contributed by atoms with van der Waals surface area (Å²) in [7, 11) is 0. The normalized spacial score (nSPS) is 13.7. The van der Waals surface area contributed by atoms with E-state index in [0.29, 0.717) is 0 Å². The van der Waals surface area contributed by atoms with Crippen LogP contribution in [0.5, 0.6) is 0 Å². The summed E-state index contributed by atoms with van der Waals surface area (Å²) in [5.74, 6) is -0.147. The van der Waals surface area contributed by atoms with Gasteiger partial charge in [-0.2, -0.15) is 0 Å². The predicted molar refractivity (Wildman–Crippen MR) is 77.1 cm³/mol. The maximum atomic E-state index is 13.2. The minimum Gasteiger partial charge on any atom is -0.385 e. The van der Waals surface area contributed by atoms with Crippen LogP contribution in [0, 0.1) is 5.82 Å². The average Bonchev–Trinajstić information content (AvgIpc) is 2.45. The molecule has 1 nitrogen and oxygen atoms in total. The standard InChI is InChI=1S/C17H18FN/c18-16-8-1-4-13(12-16)9-10-15-6-2-5-14-7-3-11-19-17(14)15/h1-2,4-6,8,12,19H,3,7,9-11H2. The molecule has 0 radical (unpaired) electrons. The smallest absolute Gasteiger partial charge is 0.123 e. The highest BCUT2D eigenvalue weighted by Crippen LogP contribution is 2.27. The van der Waals surface area contributed by atoms with Gasteiger partial charge in [-0.1, -0.05) is 30.3 Å². The first-order chi connectivity index (χ1) is 9.33. The number of aryl methyl sites for hydroxylation is 3. The lowest BCUT2D eigenvalue weighted by molar-refractivity contribution is 0.625. The van der Waals surface area contributed by atoms with E-state index in [1.54, 1.807) is 12.1 Å². The van der Waals surface area contributed by atoms with E-state index >= 15 is 0 Å². The molecule has 0 aromatic heterocycles. The van der Waals surface area contributed by atoms with E-state index in [-0.39, 0.29) is 5.82 Å². The first-order valence-electron chi connectivity index (χ1n) is 6.92. The number of hydrogen-bond acceptors (Lipinski definition) is 1. The van der Waals surface area contributed by atoms with Crippen molar-refractivity contribution >= 4 is 5.69 Å². The van der Waals surface area contributed by atoms with Crippen molar-refractivity contribution in [2.45, 2.75) is 25.7 Å². The number of benzene rings is 2. The second kappa shape index (κ2) is 5.43. The quantitative estimate of drug-likeness (QED) is 0.875. The Balaban J connectivity index is 1.77. The maximum absolute atomic E-state index is 13.2. The molecule has 0 unspecified atom stereocenters. The highest BCUT2D eigenvalue weighted by molar-refractivity contribution is 5.59. The maximum Gasteiger partial charge on any atom is 0.123 e. The van der Waals surface area contributed by atoms with E-state index in [1.807, 2.05) is 6.07 Å². The Kier molecular flexibility index (Phi) is 3.49. The lowest BCUT2D eigenvalue weighted by atomic mass is 9.96. The van der Waals surface area contributed by atoms with E-state index in [1.165, 1.54) is 29.3 Å². The van der Waals surface area contributed by atoms with Gasteiger partial charge in [0.15, 0.2) is 0 Å². The molecule has 19 heavy (non-hydrogen) atoms. The Bertz CT molecular complexity index is 577. The van der Waals surface area contributed by atoms with Crippen LogP contribution in [-0.2, 0) is 19.3 Å². The van der Waals surface area contributed by atoms with Gasteiger partial charge in [-0.05, 0) is 54.5 Å². The average molecular weight is 255 g/mol. The predicted octanol–water partition coefficient (Wildman–Crippen LogP) is 3.97. The largest absolute Gasteiger partial charge is 0.385 e. The van der Waals surface area contributed by atoms with Crippen molar-refractivity contribution in [1.82, 2.24) is 0 Å². The summed E-state index contributed by atoms with van der Waals surface area (Å²) in [5.41, 5.74) is 5.14. The summed E-state index contributed by atoms with van der Waals surface area (Å²) in [6, 6.07) is 13.4. The molecule has 0 atom stereocenters. The Morgan fingerprint density at radius 3 is 2.84 bits per heavy atom. The van der Waals surface area contributed by atoms with Crippen LogP contribution in [0.15, 0.2) is 42.5 Å². The van der Waals surface area contributed by atoms with Gasteiger partial charge in [-0.15, -0.1) is 0 Å². The second-order valence-electron chi connectivity index (χ2n) is 5.11. The Morgan fingerprint density at radius 1 is 1.05 bits per heavy atom. The van der Waals surface area contributed by atoms with Crippen LogP contribution in [0.25, 0.3) is 0 Å². The fraction of sp³-hybridized carbons (Fsp3) is 0.294. The lowest BCUT2D eigenvalue weighted by Crippen LogP contribution is -2.13. The van der Waals surface area contributed by atoms with Gasteiger partial charge in [-0.25, -0.2) is 4.39 Å². The van der Waals surface area contributed by atoms with E-state index < -0.39 is 0 Å². The summed E-state index contributed by atoms with van der Waals surface area (Å²) in [6.07, 6.45) is 4.21. The number of anilines is 1. The molecule has 0 aliphatic carbocycles. The molecule has 2 aromatic rings. The highest BCUT2D eigenvalue weighted by atomic mass is 19.1. The van der Waals surface area contributed by atoms with Crippen molar-refractivity contribution in [3.63, 3.8) is 0 Å². The third-order valence-electron chi connectivity index (χ3n) is 3.73. The summed E-state index contributed by atoms with van der Waals surface area (Å²) in [6.45, 7) is 1.06. The van der Waals surface area contributed by atoms with Crippen molar-refractivity contribution in [1.29, 1.82) is 0 Å². The minimum atomic E-state index is -0.147. The fourth-order valence-corrected chi connectivity index (χ4v) is 2.76. The molecule has 0 spiro atoms. The summed E-state index contributed by atoms with van der Waals surface area (Å²) in [5, 5.41) is 3.50. The van der Waals surface area contributed by atoms with Gasteiger partial charge in [0.25, 0.3) is 0 Å². The van der Waals surface area contributed by atoms with Gasteiger partial charge >= 0.3 is 0 Å². The van der Waals surface area contributed by atoms with Crippen molar-refractivity contribution in [2.24, 2.45) is 0 Å². The summed E-state index contributed by atoms with van der Waals surface area (Å²) < 4.78 is 13.2. The van der Waals surface area contributed by atoms with Crippen LogP contribution in [0.3, 0.4) is 0 Å². The molecule has 2 heteroatoms. The highest BCUT2D eigenvalue weighted by Gasteiger charge is 2.11. The molecular formula is C17H18FN. The zero-order chi connectivity index (χ0) is 13.1. The van der Waals surface area contributed by atoms with Crippen molar-refractivity contribution in [3.05, 3.63) is 65.0 Å². The topological polar surface area (TPSA) is 12.0 Å². The molecule has 98 valence electrons. The van der Waals surface area contributed by atoms with E-state index in [4.69, 9.17) is 0 Å². The van der Waals surface area contributed by atoms with Gasteiger partial charge in [0.1, 0.15) is 5.82 Å². The molecule has 3 rings (SSSR count). The Labute approximate surface area is 113 Å². The van der Waals surface area contributed by atoms with Crippen LogP contribution in [0.4, 0.5) is 10.1 Å². The Morgan fingerprint density at radius 2 is 1.95 bits per heavy atom. The van der Waals surface area contributed by atoms with Gasteiger partial charge < -0.3 is 5.32 Å². The molecule has 1 aliphatic rings. The molecule has 0 amide bonds. The summed E-state index contributed by atoms with van der Waals surface area (Å²) in [4.78, 5) is 0. The molecule has 1 heterocycles. The molecule has 1 N–H and O–H groups in total.